The van der Waals surface area contributed by atoms with Gasteiger partial charge < -0.3 is 5.32 Å². The summed E-state index contributed by atoms with van der Waals surface area (Å²) in [6.07, 6.45) is 6.75. The van der Waals surface area contributed by atoms with Crippen LogP contribution in [-0.2, 0) is 6.42 Å². The lowest BCUT2D eigenvalue weighted by atomic mass is 10.1. The molecule has 2 rings (SSSR count). The van der Waals surface area contributed by atoms with Crippen LogP contribution in [0.5, 0.6) is 0 Å². The number of aryl methyl sites for hydroxylation is 1. The van der Waals surface area contributed by atoms with Gasteiger partial charge in [-0.2, -0.15) is 0 Å². The zero-order valence-electron chi connectivity index (χ0n) is 11.1. The predicted octanol–water partition coefficient (Wildman–Crippen LogP) is 3.68. The number of aromatic nitrogens is 1. The number of nitrogens with one attached hydrogen (secondary N) is 1. The predicted molar refractivity (Wildman–Crippen MR) is 77.2 cm³/mol. The average molecular weight is 254 g/mol. The van der Waals surface area contributed by atoms with E-state index < -0.39 is 0 Å². The van der Waals surface area contributed by atoms with Crippen LogP contribution in [0.3, 0.4) is 0 Å². The van der Waals surface area contributed by atoms with E-state index in [4.69, 9.17) is 0 Å². The number of hydrogen-bond donors (Lipinski definition) is 1. The molecular weight excluding hydrogens is 236 g/mol. The zero-order chi connectivity index (χ0) is 13.5. The smallest absolute Gasteiger partial charge is 0.255 e. The number of unbranched alkanes of at least 4 members (excludes halogenated alkanes) is 1. The van der Waals surface area contributed by atoms with E-state index in [2.05, 4.69) is 17.2 Å². The molecule has 0 aliphatic carbocycles. The molecule has 0 unspecified atom stereocenters. The molecule has 3 heteroatoms. The van der Waals surface area contributed by atoms with E-state index in [1.807, 2.05) is 24.3 Å². The van der Waals surface area contributed by atoms with Gasteiger partial charge >= 0.3 is 0 Å². The monoisotopic (exact) mass is 254 g/mol. The van der Waals surface area contributed by atoms with Crippen molar-refractivity contribution < 1.29 is 4.79 Å². The van der Waals surface area contributed by atoms with Gasteiger partial charge in [0.05, 0.1) is 0 Å². The maximum atomic E-state index is 12.0. The SMILES string of the molecule is CCCCc1ccc(C(=O)Nc2ccncc2)cc1. The third-order valence-electron chi connectivity index (χ3n) is 2.97. The number of pyridine rings is 1. The van der Waals surface area contributed by atoms with Crippen LogP contribution in [0.2, 0.25) is 0 Å². The molecule has 2 aromatic rings. The number of benzene rings is 1. The molecule has 1 aromatic heterocycles. The first-order chi connectivity index (χ1) is 9.29. The molecule has 19 heavy (non-hydrogen) atoms. The summed E-state index contributed by atoms with van der Waals surface area (Å²) < 4.78 is 0. The van der Waals surface area contributed by atoms with Gasteiger partial charge in [-0.15, -0.1) is 0 Å². The highest BCUT2D eigenvalue weighted by molar-refractivity contribution is 6.04. The van der Waals surface area contributed by atoms with Crippen LogP contribution in [0.1, 0.15) is 35.7 Å². The Morgan fingerprint density at radius 2 is 1.79 bits per heavy atom. The van der Waals surface area contributed by atoms with E-state index in [-0.39, 0.29) is 5.91 Å². The molecule has 0 fully saturated rings. The number of carbonyl (C=O) groups excluding carboxylic acids is 1. The van der Waals surface area contributed by atoms with E-state index in [1.54, 1.807) is 24.5 Å². The van der Waals surface area contributed by atoms with E-state index in [1.165, 1.54) is 18.4 Å². The van der Waals surface area contributed by atoms with Crippen LogP contribution in [0.4, 0.5) is 5.69 Å². The van der Waals surface area contributed by atoms with Gasteiger partial charge in [-0.05, 0) is 42.7 Å². The van der Waals surface area contributed by atoms with Gasteiger partial charge in [-0.3, -0.25) is 9.78 Å². The molecule has 1 amide bonds. The summed E-state index contributed by atoms with van der Waals surface area (Å²) in [5, 5.41) is 2.84. The van der Waals surface area contributed by atoms with E-state index in [0.717, 1.165) is 12.1 Å². The Bertz CT molecular complexity index is 520. The number of anilines is 1. The third-order valence-corrected chi connectivity index (χ3v) is 2.97. The fourth-order valence-electron chi connectivity index (χ4n) is 1.84. The van der Waals surface area contributed by atoms with Crippen molar-refractivity contribution in [1.29, 1.82) is 0 Å². The van der Waals surface area contributed by atoms with Crippen molar-refractivity contribution in [1.82, 2.24) is 4.98 Å². The Morgan fingerprint density at radius 3 is 2.42 bits per heavy atom. The summed E-state index contributed by atoms with van der Waals surface area (Å²) in [7, 11) is 0. The van der Waals surface area contributed by atoms with Crippen LogP contribution in [0, 0.1) is 0 Å². The van der Waals surface area contributed by atoms with Gasteiger partial charge in [0.2, 0.25) is 0 Å². The van der Waals surface area contributed by atoms with E-state index in [9.17, 15) is 4.79 Å². The lowest BCUT2D eigenvalue weighted by molar-refractivity contribution is 0.102. The number of amides is 1. The second-order valence-corrected chi connectivity index (χ2v) is 4.49. The third kappa shape index (κ3) is 3.91. The van der Waals surface area contributed by atoms with Crippen LogP contribution in [-0.4, -0.2) is 10.9 Å². The molecule has 1 N–H and O–H groups in total. The lowest BCUT2D eigenvalue weighted by Gasteiger charge is -2.06. The van der Waals surface area contributed by atoms with Gasteiger partial charge in [-0.1, -0.05) is 25.5 Å². The molecule has 0 atom stereocenters. The van der Waals surface area contributed by atoms with Crippen molar-refractivity contribution in [3.8, 4) is 0 Å². The van der Waals surface area contributed by atoms with E-state index in [0.29, 0.717) is 5.56 Å². The fraction of sp³-hybridized carbons (Fsp3) is 0.250. The molecule has 0 aliphatic rings. The standard InChI is InChI=1S/C16H18N2O/c1-2-3-4-13-5-7-14(8-6-13)16(19)18-15-9-11-17-12-10-15/h5-12H,2-4H2,1H3,(H,17,18,19). The van der Waals surface area contributed by atoms with Crippen LogP contribution in [0.25, 0.3) is 0 Å². The highest BCUT2D eigenvalue weighted by Gasteiger charge is 2.05. The first kappa shape index (κ1) is 13.3. The molecule has 0 aliphatic heterocycles. The van der Waals surface area contributed by atoms with Crippen molar-refractivity contribution in [2.24, 2.45) is 0 Å². The van der Waals surface area contributed by atoms with E-state index >= 15 is 0 Å². The van der Waals surface area contributed by atoms with Crippen molar-refractivity contribution in [3.63, 3.8) is 0 Å². The van der Waals surface area contributed by atoms with Gasteiger partial charge in [0.1, 0.15) is 0 Å². The summed E-state index contributed by atoms with van der Waals surface area (Å²) in [5.41, 5.74) is 2.72. The van der Waals surface area contributed by atoms with Gasteiger partial charge in [-0.25, -0.2) is 0 Å². The first-order valence-corrected chi connectivity index (χ1v) is 6.60. The van der Waals surface area contributed by atoms with Gasteiger partial charge in [0.25, 0.3) is 5.91 Å². The average Bonchev–Trinajstić information content (AvgIpc) is 2.46. The van der Waals surface area contributed by atoms with Crippen molar-refractivity contribution in [2.45, 2.75) is 26.2 Å². The Labute approximate surface area is 113 Å². The molecule has 0 saturated carbocycles. The van der Waals surface area contributed by atoms with Crippen molar-refractivity contribution >= 4 is 11.6 Å². The molecule has 1 heterocycles. The topological polar surface area (TPSA) is 42.0 Å². The van der Waals surface area contributed by atoms with Crippen LogP contribution in [0.15, 0.2) is 48.8 Å². The summed E-state index contributed by atoms with van der Waals surface area (Å²) in [6, 6.07) is 11.3. The normalized spacial score (nSPS) is 10.2. The Kier molecular flexibility index (Phi) is 4.67. The minimum Gasteiger partial charge on any atom is -0.322 e. The fourth-order valence-corrected chi connectivity index (χ4v) is 1.84. The second kappa shape index (κ2) is 6.69. The molecule has 98 valence electrons. The quantitative estimate of drug-likeness (QED) is 0.884. The zero-order valence-corrected chi connectivity index (χ0v) is 11.1. The summed E-state index contributed by atoms with van der Waals surface area (Å²) in [5.74, 6) is -0.0896. The van der Waals surface area contributed by atoms with Gasteiger partial charge in [0.15, 0.2) is 0 Å². The Morgan fingerprint density at radius 1 is 1.11 bits per heavy atom. The molecule has 3 nitrogen and oxygen atoms in total. The second-order valence-electron chi connectivity index (χ2n) is 4.49. The number of hydrogen-bond acceptors (Lipinski definition) is 2. The lowest BCUT2D eigenvalue weighted by Crippen LogP contribution is -2.11. The minimum absolute atomic E-state index is 0.0896. The number of carbonyl (C=O) groups is 1. The summed E-state index contributed by atoms with van der Waals surface area (Å²) in [6.45, 7) is 2.18. The largest absolute Gasteiger partial charge is 0.322 e. The maximum Gasteiger partial charge on any atom is 0.255 e. The van der Waals surface area contributed by atoms with Crippen molar-refractivity contribution in [3.05, 3.63) is 59.9 Å². The minimum atomic E-state index is -0.0896. The maximum absolute atomic E-state index is 12.0. The molecule has 0 saturated heterocycles. The molecule has 0 bridgehead atoms. The highest BCUT2D eigenvalue weighted by Crippen LogP contribution is 2.10. The summed E-state index contributed by atoms with van der Waals surface area (Å²) in [4.78, 5) is 15.9. The molecular formula is C16H18N2O. The number of nitrogens with zero attached hydrogens (tertiary/aromatic N) is 1. The Hall–Kier alpha value is -2.16. The highest BCUT2D eigenvalue weighted by atomic mass is 16.1. The van der Waals surface area contributed by atoms with Crippen LogP contribution < -0.4 is 5.32 Å². The summed E-state index contributed by atoms with van der Waals surface area (Å²) >= 11 is 0. The van der Waals surface area contributed by atoms with Crippen LogP contribution >= 0.6 is 0 Å². The number of rotatable bonds is 5. The molecule has 0 radical (unpaired) electrons. The molecule has 0 spiro atoms. The molecule has 1 aromatic carbocycles. The van der Waals surface area contributed by atoms with Crippen molar-refractivity contribution in [2.75, 3.05) is 5.32 Å². The Balaban J connectivity index is 1.99. The first-order valence-electron chi connectivity index (χ1n) is 6.60. The van der Waals surface area contributed by atoms with Gasteiger partial charge in [0, 0.05) is 23.6 Å².